The normalized spacial score (nSPS) is 10.7. The van der Waals surface area contributed by atoms with E-state index >= 15 is 0 Å². The Morgan fingerprint density at radius 2 is 2.07 bits per heavy atom. The number of hydrogen-bond acceptors (Lipinski definition) is 2. The highest BCUT2D eigenvalue weighted by Gasteiger charge is 1.91. The van der Waals surface area contributed by atoms with Gasteiger partial charge in [0.1, 0.15) is 6.61 Å². The van der Waals surface area contributed by atoms with E-state index in [2.05, 4.69) is 12.1 Å². The number of unbranched alkanes of at least 4 members (excludes halogenated alkanes) is 1. The summed E-state index contributed by atoms with van der Waals surface area (Å²) < 4.78 is 0. The van der Waals surface area contributed by atoms with Crippen LogP contribution in [0.25, 0.3) is 0 Å². The quantitative estimate of drug-likeness (QED) is 0.538. The third kappa shape index (κ3) is 4.28. The Kier molecular flexibility index (Phi) is 5.08. The van der Waals surface area contributed by atoms with Crippen molar-refractivity contribution in [3.05, 3.63) is 34.9 Å². The zero-order valence-corrected chi connectivity index (χ0v) is 9.00. The molecule has 1 aromatic carbocycles. The first-order valence-electron chi connectivity index (χ1n) is 4.71. The molecule has 76 valence electrons. The fourth-order valence-electron chi connectivity index (χ4n) is 0.927. The Morgan fingerprint density at radius 3 is 2.71 bits per heavy atom. The Bertz CT molecular complexity index is 282. The maximum Gasteiger partial charge on any atom is 0.142 e. The maximum absolute atomic E-state index is 5.74. The highest BCUT2D eigenvalue weighted by Crippen LogP contribution is 2.10. The van der Waals surface area contributed by atoms with E-state index in [4.69, 9.17) is 16.4 Å². The summed E-state index contributed by atoms with van der Waals surface area (Å²) in [7, 11) is 0. The van der Waals surface area contributed by atoms with Gasteiger partial charge in [0.05, 0.1) is 0 Å². The first-order valence-corrected chi connectivity index (χ1v) is 5.09. The molecule has 0 radical (unpaired) electrons. The molecule has 0 amide bonds. The first kappa shape index (κ1) is 11.1. The molecule has 0 N–H and O–H groups in total. The minimum atomic E-state index is 0.497. The van der Waals surface area contributed by atoms with E-state index in [0.717, 1.165) is 23.4 Å². The smallest absolute Gasteiger partial charge is 0.142 e. The summed E-state index contributed by atoms with van der Waals surface area (Å²) in [4.78, 5) is 5.09. The summed E-state index contributed by atoms with van der Waals surface area (Å²) in [6.07, 6.45) is 3.84. The van der Waals surface area contributed by atoms with Gasteiger partial charge in [-0.15, -0.1) is 0 Å². The number of rotatable bonds is 5. The van der Waals surface area contributed by atoms with E-state index in [1.807, 2.05) is 24.3 Å². The van der Waals surface area contributed by atoms with Crippen molar-refractivity contribution in [3.8, 4) is 0 Å². The lowest BCUT2D eigenvalue weighted by Gasteiger charge is -1.99. The molecule has 0 saturated carbocycles. The molecule has 0 heterocycles. The van der Waals surface area contributed by atoms with E-state index < -0.39 is 0 Å². The van der Waals surface area contributed by atoms with Crippen molar-refractivity contribution in [2.24, 2.45) is 5.16 Å². The van der Waals surface area contributed by atoms with Gasteiger partial charge in [0, 0.05) is 11.2 Å². The lowest BCUT2D eigenvalue weighted by molar-refractivity contribution is 0.131. The zero-order valence-electron chi connectivity index (χ0n) is 8.24. The monoisotopic (exact) mass is 211 g/mol. The minimum Gasteiger partial charge on any atom is -0.391 e. The van der Waals surface area contributed by atoms with Gasteiger partial charge in [-0.1, -0.05) is 42.2 Å². The van der Waals surface area contributed by atoms with Crippen LogP contribution in [0.2, 0.25) is 5.02 Å². The van der Waals surface area contributed by atoms with Gasteiger partial charge in [0.25, 0.3) is 0 Å². The molecule has 0 atom stereocenters. The second kappa shape index (κ2) is 6.44. The summed E-state index contributed by atoms with van der Waals surface area (Å²) in [5.41, 5.74) is 1.07. The molecule has 0 saturated heterocycles. The van der Waals surface area contributed by atoms with Crippen molar-refractivity contribution in [1.29, 1.82) is 0 Å². The number of oxime groups is 1. The SMILES string of the molecule is CCCC=NOCc1ccc(Cl)cc1. The van der Waals surface area contributed by atoms with Gasteiger partial charge in [-0.3, -0.25) is 0 Å². The molecule has 0 aliphatic rings. The highest BCUT2D eigenvalue weighted by molar-refractivity contribution is 6.30. The Morgan fingerprint density at radius 1 is 1.36 bits per heavy atom. The summed E-state index contributed by atoms with van der Waals surface area (Å²) in [6.45, 7) is 2.60. The van der Waals surface area contributed by atoms with E-state index in [1.165, 1.54) is 0 Å². The fourth-order valence-corrected chi connectivity index (χ4v) is 1.05. The van der Waals surface area contributed by atoms with E-state index in [-0.39, 0.29) is 0 Å². The van der Waals surface area contributed by atoms with Crippen LogP contribution >= 0.6 is 11.6 Å². The van der Waals surface area contributed by atoms with Crippen molar-refractivity contribution < 1.29 is 4.84 Å². The minimum absolute atomic E-state index is 0.497. The molecule has 0 aliphatic heterocycles. The number of nitrogens with zero attached hydrogens (tertiary/aromatic N) is 1. The molecule has 14 heavy (non-hydrogen) atoms. The molecule has 0 spiro atoms. The third-order valence-corrected chi connectivity index (χ3v) is 1.96. The largest absolute Gasteiger partial charge is 0.391 e. The predicted octanol–water partition coefficient (Wildman–Crippen LogP) is 3.64. The van der Waals surface area contributed by atoms with Crippen LogP contribution in [-0.2, 0) is 11.4 Å². The number of halogens is 1. The molecular formula is C11H14ClNO. The molecule has 1 rings (SSSR count). The number of benzene rings is 1. The zero-order chi connectivity index (χ0) is 10.2. The van der Waals surface area contributed by atoms with Crippen LogP contribution < -0.4 is 0 Å². The summed E-state index contributed by atoms with van der Waals surface area (Å²) in [5, 5.41) is 4.56. The van der Waals surface area contributed by atoms with Crippen LogP contribution in [0.1, 0.15) is 25.3 Å². The van der Waals surface area contributed by atoms with Crippen LogP contribution in [0.5, 0.6) is 0 Å². The second-order valence-electron chi connectivity index (χ2n) is 2.98. The predicted molar refractivity (Wildman–Crippen MR) is 59.6 cm³/mol. The third-order valence-electron chi connectivity index (χ3n) is 1.71. The van der Waals surface area contributed by atoms with Gasteiger partial charge in [0.15, 0.2) is 0 Å². The lowest BCUT2D eigenvalue weighted by atomic mass is 10.2. The maximum atomic E-state index is 5.74. The standard InChI is InChI=1S/C11H14ClNO/c1-2-3-8-13-14-9-10-4-6-11(12)7-5-10/h4-8H,2-3,9H2,1H3. The highest BCUT2D eigenvalue weighted by atomic mass is 35.5. The Labute approximate surface area is 89.5 Å². The van der Waals surface area contributed by atoms with Crippen molar-refractivity contribution in [1.82, 2.24) is 0 Å². The van der Waals surface area contributed by atoms with E-state index in [9.17, 15) is 0 Å². The molecule has 0 aliphatic carbocycles. The molecular weight excluding hydrogens is 198 g/mol. The first-order chi connectivity index (χ1) is 6.83. The van der Waals surface area contributed by atoms with Crippen LogP contribution in [0.3, 0.4) is 0 Å². The second-order valence-corrected chi connectivity index (χ2v) is 3.41. The van der Waals surface area contributed by atoms with Crippen LogP contribution in [0, 0.1) is 0 Å². The van der Waals surface area contributed by atoms with Gasteiger partial charge in [0.2, 0.25) is 0 Å². The van der Waals surface area contributed by atoms with E-state index in [0.29, 0.717) is 6.61 Å². The van der Waals surface area contributed by atoms with Crippen LogP contribution in [0.15, 0.2) is 29.4 Å². The summed E-state index contributed by atoms with van der Waals surface area (Å²) >= 11 is 5.74. The Balaban J connectivity index is 2.28. The van der Waals surface area contributed by atoms with Crippen LogP contribution in [-0.4, -0.2) is 6.21 Å². The molecule has 0 aromatic heterocycles. The lowest BCUT2D eigenvalue weighted by Crippen LogP contribution is -1.86. The molecule has 2 nitrogen and oxygen atoms in total. The van der Waals surface area contributed by atoms with Crippen molar-refractivity contribution in [3.63, 3.8) is 0 Å². The summed E-state index contributed by atoms with van der Waals surface area (Å²) in [5.74, 6) is 0. The van der Waals surface area contributed by atoms with Crippen LogP contribution in [0.4, 0.5) is 0 Å². The van der Waals surface area contributed by atoms with Gasteiger partial charge in [-0.25, -0.2) is 0 Å². The Hall–Kier alpha value is -1.02. The fraction of sp³-hybridized carbons (Fsp3) is 0.364. The van der Waals surface area contributed by atoms with Gasteiger partial charge >= 0.3 is 0 Å². The van der Waals surface area contributed by atoms with Crippen molar-refractivity contribution in [2.45, 2.75) is 26.4 Å². The number of hydrogen-bond donors (Lipinski definition) is 0. The van der Waals surface area contributed by atoms with Gasteiger partial charge in [-0.2, -0.15) is 0 Å². The molecule has 0 unspecified atom stereocenters. The summed E-state index contributed by atoms with van der Waals surface area (Å²) in [6, 6.07) is 7.54. The van der Waals surface area contributed by atoms with Gasteiger partial charge < -0.3 is 4.84 Å². The molecule has 0 fully saturated rings. The van der Waals surface area contributed by atoms with Crippen molar-refractivity contribution >= 4 is 17.8 Å². The average Bonchev–Trinajstić information content (AvgIpc) is 2.21. The molecule has 3 heteroatoms. The van der Waals surface area contributed by atoms with E-state index in [1.54, 1.807) is 6.21 Å². The average molecular weight is 212 g/mol. The van der Waals surface area contributed by atoms with Gasteiger partial charge in [-0.05, 0) is 24.1 Å². The molecule has 0 bridgehead atoms. The topological polar surface area (TPSA) is 21.6 Å². The van der Waals surface area contributed by atoms with Crippen molar-refractivity contribution in [2.75, 3.05) is 0 Å². The molecule has 1 aromatic rings.